The highest BCUT2D eigenvalue weighted by molar-refractivity contribution is 7.16. The molecule has 4 rings (SSSR count). The van der Waals surface area contributed by atoms with E-state index in [1.807, 2.05) is 37.8 Å². The molecule has 2 fully saturated rings. The molecule has 2 saturated heterocycles. The molecule has 0 radical (unpaired) electrons. The summed E-state index contributed by atoms with van der Waals surface area (Å²) in [4.78, 5) is 25.5. The fourth-order valence-electron chi connectivity index (χ4n) is 3.95. The van der Waals surface area contributed by atoms with Crippen LogP contribution in [0, 0.1) is 0 Å². The minimum absolute atomic E-state index is 0.0500. The van der Waals surface area contributed by atoms with E-state index in [1.54, 1.807) is 6.07 Å². The molecule has 1 aromatic heterocycles. The SMILES string of the molecule is CC(C)(C)OC(=O)N1[C@@H]2CC[C@H]1C[C@@H](Oc1ccc3sc(=O)oc3c1)C2. The Morgan fingerprint density at radius 3 is 2.58 bits per heavy atom. The molecule has 0 unspecified atom stereocenters. The summed E-state index contributed by atoms with van der Waals surface area (Å²) in [6.07, 6.45) is 3.39. The van der Waals surface area contributed by atoms with Crippen molar-refractivity contribution in [3.8, 4) is 5.75 Å². The Labute approximate surface area is 155 Å². The number of piperidine rings is 1. The molecule has 0 N–H and O–H groups in total. The average Bonchev–Trinajstić information content (AvgIpc) is 3.02. The van der Waals surface area contributed by atoms with Gasteiger partial charge in [0, 0.05) is 31.0 Å². The number of ether oxygens (including phenoxy) is 2. The van der Waals surface area contributed by atoms with E-state index >= 15 is 0 Å². The minimum Gasteiger partial charge on any atom is -0.490 e. The number of benzene rings is 1. The fraction of sp³-hybridized carbons (Fsp3) is 0.579. The molecule has 2 aliphatic heterocycles. The zero-order chi connectivity index (χ0) is 18.5. The fourth-order valence-corrected chi connectivity index (χ4v) is 4.60. The van der Waals surface area contributed by atoms with Gasteiger partial charge < -0.3 is 18.8 Å². The molecule has 0 aliphatic carbocycles. The van der Waals surface area contributed by atoms with Gasteiger partial charge in [-0.1, -0.05) is 11.3 Å². The first kappa shape index (κ1) is 17.4. The number of rotatable bonds is 2. The highest BCUT2D eigenvalue weighted by atomic mass is 32.1. The van der Waals surface area contributed by atoms with Crippen molar-refractivity contribution in [1.82, 2.24) is 4.90 Å². The molecule has 2 bridgehead atoms. The summed E-state index contributed by atoms with van der Waals surface area (Å²) in [6.45, 7) is 5.67. The molecule has 1 aromatic carbocycles. The van der Waals surface area contributed by atoms with Crippen LogP contribution in [0.25, 0.3) is 10.3 Å². The molecule has 1 amide bonds. The van der Waals surface area contributed by atoms with Crippen LogP contribution in [0.15, 0.2) is 27.4 Å². The lowest BCUT2D eigenvalue weighted by Gasteiger charge is -2.39. The van der Waals surface area contributed by atoms with Gasteiger partial charge in [0.25, 0.3) is 0 Å². The van der Waals surface area contributed by atoms with Gasteiger partial charge in [-0.25, -0.2) is 9.59 Å². The molecular weight excluding hydrogens is 354 g/mol. The first-order valence-corrected chi connectivity index (χ1v) is 9.82. The maximum Gasteiger partial charge on any atom is 0.410 e. The van der Waals surface area contributed by atoms with Crippen LogP contribution in [-0.4, -0.2) is 34.8 Å². The second-order valence-electron chi connectivity index (χ2n) is 8.05. The molecular formula is C19H23NO5S. The van der Waals surface area contributed by atoms with Crippen molar-refractivity contribution in [3.05, 3.63) is 27.9 Å². The van der Waals surface area contributed by atoms with Gasteiger partial charge in [-0.2, -0.15) is 0 Å². The maximum absolute atomic E-state index is 12.5. The summed E-state index contributed by atoms with van der Waals surface area (Å²) in [7, 11) is 0. The summed E-state index contributed by atoms with van der Waals surface area (Å²) in [6, 6.07) is 5.82. The van der Waals surface area contributed by atoms with Crippen molar-refractivity contribution in [1.29, 1.82) is 0 Å². The molecule has 2 aromatic rings. The molecule has 6 nitrogen and oxygen atoms in total. The zero-order valence-electron chi connectivity index (χ0n) is 15.2. The molecule has 2 aliphatic rings. The Hall–Kier alpha value is -2.02. The average molecular weight is 377 g/mol. The van der Waals surface area contributed by atoms with Crippen LogP contribution in [0.3, 0.4) is 0 Å². The van der Waals surface area contributed by atoms with E-state index in [1.165, 1.54) is 0 Å². The highest BCUT2D eigenvalue weighted by Crippen LogP contribution is 2.38. The number of carbonyl (C=O) groups excluding carboxylic acids is 1. The third kappa shape index (κ3) is 3.45. The minimum atomic E-state index is -0.482. The first-order valence-electron chi connectivity index (χ1n) is 9.00. The molecule has 3 atom stereocenters. The molecule has 0 spiro atoms. The van der Waals surface area contributed by atoms with Crippen LogP contribution in [0.2, 0.25) is 0 Å². The van der Waals surface area contributed by atoms with Gasteiger partial charge in [0.05, 0.1) is 4.70 Å². The topological polar surface area (TPSA) is 69.0 Å². The number of nitrogens with zero attached hydrogens (tertiary/aromatic N) is 1. The van der Waals surface area contributed by atoms with Gasteiger partial charge in [0.15, 0.2) is 5.58 Å². The van der Waals surface area contributed by atoms with Gasteiger partial charge in [-0.05, 0) is 45.7 Å². The van der Waals surface area contributed by atoms with Crippen molar-refractivity contribution in [2.75, 3.05) is 0 Å². The highest BCUT2D eigenvalue weighted by Gasteiger charge is 2.45. The van der Waals surface area contributed by atoms with Crippen molar-refractivity contribution in [2.45, 2.75) is 70.2 Å². The van der Waals surface area contributed by atoms with E-state index in [4.69, 9.17) is 13.9 Å². The zero-order valence-corrected chi connectivity index (χ0v) is 16.0. The Bertz CT molecular complexity index is 866. The van der Waals surface area contributed by atoms with Crippen LogP contribution >= 0.6 is 11.3 Å². The number of fused-ring (bicyclic) bond motifs is 3. The summed E-state index contributed by atoms with van der Waals surface area (Å²) in [5.41, 5.74) is 0.0793. The Kier molecular flexibility index (Phi) is 4.22. The van der Waals surface area contributed by atoms with Gasteiger partial charge in [-0.15, -0.1) is 0 Å². The Morgan fingerprint density at radius 1 is 1.23 bits per heavy atom. The number of carbonyl (C=O) groups is 1. The second-order valence-corrected chi connectivity index (χ2v) is 9.02. The monoisotopic (exact) mass is 377 g/mol. The first-order chi connectivity index (χ1) is 12.3. The van der Waals surface area contributed by atoms with Gasteiger partial charge in [-0.3, -0.25) is 0 Å². The predicted octanol–water partition coefficient (Wildman–Crippen LogP) is 4.16. The predicted molar refractivity (Wildman–Crippen MR) is 98.9 cm³/mol. The number of hydrogen-bond donors (Lipinski definition) is 0. The summed E-state index contributed by atoms with van der Waals surface area (Å²) < 4.78 is 17.7. The van der Waals surface area contributed by atoms with Gasteiger partial charge in [0.1, 0.15) is 17.5 Å². The summed E-state index contributed by atoms with van der Waals surface area (Å²) in [5.74, 6) is 0.703. The molecule has 3 heterocycles. The number of hydrogen-bond acceptors (Lipinski definition) is 6. The van der Waals surface area contributed by atoms with Crippen LogP contribution < -0.4 is 9.68 Å². The van der Waals surface area contributed by atoms with Crippen molar-refractivity contribution >= 4 is 27.7 Å². The van der Waals surface area contributed by atoms with E-state index in [-0.39, 0.29) is 29.2 Å². The van der Waals surface area contributed by atoms with E-state index < -0.39 is 5.60 Å². The molecule has 26 heavy (non-hydrogen) atoms. The van der Waals surface area contributed by atoms with E-state index in [0.717, 1.165) is 41.7 Å². The van der Waals surface area contributed by atoms with Crippen molar-refractivity contribution in [2.24, 2.45) is 0 Å². The van der Waals surface area contributed by atoms with Crippen LogP contribution in [-0.2, 0) is 4.74 Å². The van der Waals surface area contributed by atoms with Crippen molar-refractivity contribution < 1.29 is 18.7 Å². The largest absolute Gasteiger partial charge is 0.490 e. The Morgan fingerprint density at radius 2 is 1.92 bits per heavy atom. The van der Waals surface area contributed by atoms with Crippen LogP contribution in [0.4, 0.5) is 4.79 Å². The third-order valence-electron chi connectivity index (χ3n) is 4.90. The van der Waals surface area contributed by atoms with Gasteiger partial charge in [0.2, 0.25) is 0 Å². The quantitative estimate of drug-likeness (QED) is 0.786. The molecule has 0 saturated carbocycles. The standard InChI is InChI=1S/C19H23NO5S/c1-19(2,3)25-17(21)20-11-4-5-12(20)9-14(8-11)23-13-6-7-16-15(10-13)24-18(22)26-16/h6-7,10-12,14H,4-5,8-9H2,1-3H3/t11-,12+,14+. The Balaban J connectivity index is 1.44. The van der Waals surface area contributed by atoms with Crippen LogP contribution in [0.5, 0.6) is 5.75 Å². The van der Waals surface area contributed by atoms with Crippen LogP contribution in [0.1, 0.15) is 46.5 Å². The molecule has 140 valence electrons. The van der Waals surface area contributed by atoms with E-state index in [9.17, 15) is 9.59 Å². The smallest absolute Gasteiger partial charge is 0.410 e. The second kappa shape index (κ2) is 6.30. The lowest BCUT2D eigenvalue weighted by molar-refractivity contribution is -0.00705. The maximum atomic E-state index is 12.5. The van der Waals surface area contributed by atoms with E-state index in [2.05, 4.69) is 0 Å². The van der Waals surface area contributed by atoms with Crippen molar-refractivity contribution in [3.63, 3.8) is 0 Å². The van der Waals surface area contributed by atoms with E-state index in [0.29, 0.717) is 11.3 Å². The lowest BCUT2D eigenvalue weighted by Crippen LogP contribution is -2.50. The van der Waals surface area contributed by atoms with Gasteiger partial charge >= 0.3 is 11.0 Å². The lowest BCUT2D eigenvalue weighted by atomic mass is 10.00. The molecule has 7 heteroatoms. The number of amides is 1. The third-order valence-corrected chi connectivity index (χ3v) is 5.71. The summed E-state index contributed by atoms with van der Waals surface area (Å²) >= 11 is 1.09. The normalized spacial score (nSPS) is 25.5. The summed E-state index contributed by atoms with van der Waals surface area (Å²) in [5, 5.41) is 0.